The van der Waals surface area contributed by atoms with Crippen LogP contribution >= 0.6 is 0 Å². The normalized spacial score (nSPS) is 12.9. The second kappa shape index (κ2) is 5.05. The van der Waals surface area contributed by atoms with Crippen molar-refractivity contribution in [2.24, 2.45) is 0 Å². The summed E-state index contributed by atoms with van der Waals surface area (Å²) in [6.45, 7) is 1.98. The smallest absolute Gasteiger partial charge is 0.164 e. The lowest BCUT2D eigenvalue weighted by Crippen LogP contribution is -2.02. The summed E-state index contributed by atoms with van der Waals surface area (Å²) in [5, 5.41) is 9.55. The zero-order valence-electron chi connectivity index (χ0n) is 8.13. The second-order valence-corrected chi connectivity index (χ2v) is 3.30. The predicted molar refractivity (Wildman–Crippen MR) is 50.8 cm³/mol. The number of rotatable bonds is 4. The van der Waals surface area contributed by atoms with E-state index in [1.165, 1.54) is 12.1 Å². The van der Waals surface area contributed by atoms with Crippen LogP contribution in [0, 0.1) is 11.6 Å². The van der Waals surface area contributed by atoms with E-state index in [0.717, 1.165) is 18.9 Å². The van der Waals surface area contributed by atoms with Crippen LogP contribution in [0.4, 0.5) is 8.78 Å². The van der Waals surface area contributed by atoms with E-state index in [-0.39, 0.29) is 5.56 Å². The van der Waals surface area contributed by atoms with Gasteiger partial charge in [0.25, 0.3) is 0 Å². The molecule has 1 nitrogen and oxygen atoms in total. The Morgan fingerprint density at radius 1 is 1.36 bits per heavy atom. The fourth-order valence-corrected chi connectivity index (χ4v) is 1.33. The third kappa shape index (κ3) is 2.51. The summed E-state index contributed by atoms with van der Waals surface area (Å²) in [5.74, 6) is -1.84. The fraction of sp³-hybridized carbons (Fsp3) is 0.455. The lowest BCUT2D eigenvalue weighted by molar-refractivity contribution is 0.158. The Morgan fingerprint density at radius 3 is 2.71 bits per heavy atom. The van der Waals surface area contributed by atoms with Gasteiger partial charge in [0.15, 0.2) is 11.6 Å². The average Bonchev–Trinajstić information content (AvgIpc) is 2.18. The van der Waals surface area contributed by atoms with Crippen LogP contribution in [0.15, 0.2) is 18.2 Å². The van der Waals surface area contributed by atoms with Crippen LogP contribution in [0.1, 0.15) is 37.9 Å². The molecule has 0 saturated carbocycles. The van der Waals surface area contributed by atoms with E-state index in [2.05, 4.69) is 0 Å². The monoisotopic (exact) mass is 200 g/mol. The van der Waals surface area contributed by atoms with Crippen molar-refractivity contribution in [1.29, 1.82) is 0 Å². The standard InChI is InChI=1S/C11H14F2O/c1-2-3-7-10(14)8-5-4-6-9(12)11(8)13/h4-6,10,14H,2-3,7H2,1H3/t10-/m0/s1. The molecule has 3 heteroatoms. The van der Waals surface area contributed by atoms with Crippen molar-refractivity contribution in [2.45, 2.75) is 32.3 Å². The quantitative estimate of drug-likeness (QED) is 0.791. The van der Waals surface area contributed by atoms with Crippen LogP contribution in [-0.2, 0) is 0 Å². The van der Waals surface area contributed by atoms with Crippen molar-refractivity contribution >= 4 is 0 Å². The summed E-state index contributed by atoms with van der Waals surface area (Å²) in [6, 6.07) is 3.87. The minimum Gasteiger partial charge on any atom is -0.388 e. The Bertz CT molecular complexity index is 299. The molecule has 0 aliphatic heterocycles. The van der Waals surface area contributed by atoms with E-state index in [9.17, 15) is 13.9 Å². The number of aliphatic hydroxyl groups excluding tert-OH is 1. The van der Waals surface area contributed by atoms with Crippen molar-refractivity contribution < 1.29 is 13.9 Å². The lowest BCUT2D eigenvalue weighted by atomic mass is 10.0. The highest BCUT2D eigenvalue weighted by atomic mass is 19.2. The minimum atomic E-state index is -0.934. The topological polar surface area (TPSA) is 20.2 Å². The number of aliphatic hydroxyl groups is 1. The molecule has 0 amide bonds. The van der Waals surface area contributed by atoms with Crippen LogP contribution in [0.25, 0.3) is 0 Å². The summed E-state index contributed by atoms with van der Waals surface area (Å²) in [4.78, 5) is 0. The molecular formula is C11H14F2O. The maximum atomic E-state index is 13.1. The van der Waals surface area contributed by atoms with Gasteiger partial charge in [-0.1, -0.05) is 31.9 Å². The molecule has 78 valence electrons. The first-order chi connectivity index (χ1) is 6.66. The molecular weight excluding hydrogens is 186 g/mol. The molecule has 0 aliphatic carbocycles. The molecule has 1 aromatic rings. The molecule has 0 radical (unpaired) electrons. The lowest BCUT2D eigenvalue weighted by Gasteiger charge is -2.11. The zero-order valence-corrected chi connectivity index (χ0v) is 8.13. The molecule has 0 fully saturated rings. The van der Waals surface area contributed by atoms with Gasteiger partial charge in [-0.3, -0.25) is 0 Å². The van der Waals surface area contributed by atoms with Crippen molar-refractivity contribution in [3.63, 3.8) is 0 Å². The Labute approximate surface area is 82.4 Å². The molecule has 0 spiro atoms. The van der Waals surface area contributed by atoms with Gasteiger partial charge in [-0.15, -0.1) is 0 Å². The average molecular weight is 200 g/mol. The van der Waals surface area contributed by atoms with Crippen molar-refractivity contribution in [1.82, 2.24) is 0 Å². The summed E-state index contributed by atoms with van der Waals surface area (Å²) in [6.07, 6.45) is 1.30. The van der Waals surface area contributed by atoms with Gasteiger partial charge in [0.05, 0.1) is 6.10 Å². The van der Waals surface area contributed by atoms with E-state index in [4.69, 9.17) is 0 Å². The number of hydrogen-bond acceptors (Lipinski definition) is 1. The molecule has 0 saturated heterocycles. The number of unbranched alkanes of at least 4 members (excludes halogenated alkanes) is 1. The third-order valence-corrected chi connectivity index (χ3v) is 2.17. The van der Waals surface area contributed by atoms with E-state index >= 15 is 0 Å². The summed E-state index contributed by atoms with van der Waals surface area (Å²) < 4.78 is 25.9. The Morgan fingerprint density at radius 2 is 2.07 bits per heavy atom. The van der Waals surface area contributed by atoms with E-state index < -0.39 is 17.7 Å². The van der Waals surface area contributed by atoms with E-state index in [1.807, 2.05) is 6.92 Å². The van der Waals surface area contributed by atoms with Gasteiger partial charge in [-0.25, -0.2) is 8.78 Å². The van der Waals surface area contributed by atoms with Gasteiger partial charge in [-0.2, -0.15) is 0 Å². The molecule has 1 N–H and O–H groups in total. The third-order valence-electron chi connectivity index (χ3n) is 2.17. The Kier molecular flexibility index (Phi) is 4.01. The van der Waals surface area contributed by atoms with Crippen molar-refractivity contribution in [2.75, 3.05) is 0 Å². The summed E-state index contributed by atoms with van der Waals surface area (Å²) in [5.41, 5.74) is 0.0541. The molecule has 14 heavy (non-hydrogen) atoms. The summed E-state index contributed by atoms with van der Waals surface area (Å²) in [7, 11) is 0. The van der Waals surface area contributed by atoms with Crippen LogP contribution in [0.2, 0.25) is 0 Å². The Balaban J connectivity index is 2.79. The maximum Gasteiger partial charge on any atom is 0.164 e. The molecule has 1 atom stereocenters. The maximum absolute atomic E-state index is 13.1. The first kappa shape index (κ1) is 11.1. The van der Waals surface area contributed by atoms with Gasteiger partial charge < -0.3 is 5.11 Å². The van der Waals surface area contributed by atoms with Crippen LogP contribution in [0.5, 0.6) is 0 Å². The Hall–Kier alpha value is -0.960. The van der Waals surface area contributed by atoms with Crippen molar-refractivity contribution in [3.8, 4) is 0 Å². The highest BCUT2D eigenvalue weighted by Gasteiger charge is 2.14. The van der Waals surface area contributed by atoms with Gasteiger partial charge in [0, 0.05) is 5.56 Å². The van der Waals surface area contributed by atoms with E-state index in [0.29, 0.717) is 6.42 Å². The second-order valence-electron chi connectivity index (χ2n) is 3.30. The number of halogens is 2. The number of benzene rings is 1. The first-order valence-corrected chi connectivity index (χ1v) is 4.78. The highest BCUT2D eigenvalue weighted by Crippen LogP contribution is 2.23. The van der Waals surface area contributed by atoms with Gasteiger partial charge >= 0.3 is 0 Å². The SMILES string of the molecule is CCCC[C@H](O)c1cccc(F)c1F. The molecule has 1 aromatic carbocycles. The van der Waals surface area contributed by atoms with Gasteiger partial charge in [-0.05, 0) is 12.5 Å². The molecule has 0 aliphatic rings. The molecule has 0 unspecified atom stereocenters. The van der Waals surface area contributed by atoms with Gasteiger partial charge in [0.2, 0.25) is 0 Å². The van der Waals surface area contributed by atoms with Crippen LogP contribution in [-0.4, -0.2) is 5.11 Å². The van der Waals surface area contributed by atoms with Gasteiger partial charge in [0.1, 0.15) is 0 Å². The molecule has 1 rings (SSSR count). The van der Waals surface area contributed by atoms with Crippen LogP contribution < -0.4 is 0 Å². The minimum absolute atomic E-state index is 0.0541. The molecule has 0 aromatic heterocycles. The fourth-order valence-electron chi connectivity index (χ4n) is 1.33. The summed E-state index contributed by atoms with van der Waals surface area (Å²) >= 11 is 0. The van der Waals surface area contributed by atoms with Crippen molar-refractivity contribution in [3.05, 3.63) is 35.4 Å². The zero-order chi connectivity index (χ0) is 10.6. The van der Waals surface area contributed by atoms with E-state index in [1.54, 1.807) is 0 Å². The largest absolute Gasteiger partial charge is 0.388 e. The van der Waals surface area contributed by atoms with Crippen LogP contribution in [0.3, 0.4) is 0 Å². The highest BCUT2D eigenvalue weighted by molar-refractivity contribution is 5.21. The number of hydrogen-bond donors (Lipinski definition) is 1. The molecule has 0 heterocycles. The predicted octanol–water partition coefficient (Wildman–Crippen LogP) is 3.19. The first-order valence-electron chi connectivity index (χ1n) is 4.78. The molecule has 0 bridgehead atoms.